The van der Waals surface area contributed by atoms with Crippen LogP contribution in [0.5, 0.6) is 0 Å². The van der Waals surface area contributed by atoms with Crippen LogP contribution >= 0.6 is 11.6 Å². The molecule has 2 amide bonds. The highest BCUT2D eigenvalue weighted by molar-refractivity contribution is 6.32. The van der Waals surface area contributed by atoms with Crippen LogP contribution < -0.4 is 22.1 Å². The minimum atomic E-state index is -0.387. The predicted molar refractivity (Wildman–Crippen MR) is 103 cm³/mol. The fraction of sp³-hybridized carbons (Fsp3) is 0.278. The molecule has 0 radical (unpaired) electrons. The number of anilines is 1. The van der Waals surface area contributed by atoms with E-state index < -0.39 is 0 Å². The number of nitrogens with one attached hydrogen (secondary N) is 2. The van der Waals surface area contributed by atoms with Gasteiger partial charge in [0.15, 0.2) is 0 Å². The van der Waals surface area contributed by atoms with Crippen molar-refractivity contribution in [2.45, 2.75) is 19.9 Å². The third kappa shape index (κ3) is 8.46. The fourth-order valence-corrected chi connectivity index (χ4v) is 2.00. The average Bonchev–Trinajstić information content (AvgIpc) is 2.68. The van der Waals surface area contributed by atoms with Crippen molar-refractivity contribution >= 4 is 29.2 Å². The van der Waals surface area contributed by atoms with Gasteiger partial charge >= 0.3 is 0 Å². The zero-order valence-electron chi connectivity index (χ0n) is 14.7. The van der Waals surface area contributed by atoms with Crippen LogP contribution in [-0.2, 0) is 22.6 Å². The van der Waals surface area contributed by atoms with E-state index in [1.165, 1.54) is 11.8 Å². The number of pyridine rings is 1. The molecule has 0 unspecified atom stereocenters. The van der Waals surface area contributed by atoms with Gasteiger partial charge in [-0.2, -0.15) is 0 Å². The SMILES string of the molecule is CCc1ccccc1.NCC(=O)NCC(=O)NCc1cnc(N)c(Cl)c1. The predicted octanol–water partition coefficient (Wildman–Crippen LogP) is 1.26. The van der Waals surface area contributed by atoms with Crippen molar-refractivity contribution in [2.24, 2.45) is 5.73 Å². The first kappa shape index (κ1) is 21.4. The summed E-state index contributed by atoms with van der Waals surface area (Å²) in [6.45, 7) is 2.15. The van der Waals surface area contributed by atoms with Crippen LogP contribution in [0.25, 0.3) is 0 Å². The molecule has 0 aliphatic heterocycles. The van der Waals surface area contributed by atoms with Crippen molar-refractivity contribution in [3.63, 3.8) is 0 Å². The zero-order chi connectivity index (χ0) is 19.4. The molecule has 0 bridgehead atoms. The van der Waals surface area contributed by atoms with Crippen molar-refractivity contribution in [3.05, 3.63) is 58.7 Å². The molecule has 2 rings (SSSR count). The lowest BCUT2D eigenvalue weighted by Gasteiger charge is -2.07. The van der Waals surface area contributed by atoms with E-state index in [1.54, 1.807) is 6.07 Å². The minimum absolute atomic E-state index is 0.119. The standard InChI is InChI=1S/C10H14ClN5O2.C8H10/c11-7-1-6(4-16-10(7)13)3-14-9(18)5-15-8(17)2-12;1-2-8-6-4-3-5-7-8/h1,4H,2-3,5,12H2,(H2,13,16)(H,14,18)(H,15,17);3-7H,2H2,1H3. The number of hydrogen-bond donors (Lipinski definition) is 4. The maximum Gasteiger partial charge on any atom is 0.239 e. The van der Waals surface area contributed by atoms with Gasteiger partial charge in [-0.1, -0.05) is 48.9 Å². The Bertz CT molecular complexity index is 710. The number of aromatic nitrogens is 1. The Morgan fingerprint density at radius 3 is 2.35 bits per heavy atom. The summed E-state index contributed by atoms with van der Waals surface area (Å²) in [6.07, 6.45) is 2.65. The molecule has 1 heterocycles. The Balaban J connectivity index is 0.000000350. The normalized spacial score (nSPS) is 9.65. The van der Waals surface area contributed by atoms with Crippen LogP contribution in [0.4, 0.5) is 5.82 Å². The van der Waals surface area contributed by atoms with E-state index in [2.05, 4.69) is 46.8 Å². The zero-order valence-corrected chi connectivity index (χ0v) is 15.4. The van der Waals surface area contributed by atoms with Gasteiger partial charge in [0.2, 0.25) is 11.8 Å². The van der Waals surface area contributed by atoms with Crippen LogP contribution in [-0.4, -0.2) is 29.9 Å². The summed E-state index contributed by atoms with van der Waals surface area (Å²) >= 11 is 5.78. The fourth-order valence-electron chi connectivity index (χ4n) is 1.81. The van der Waals surface area contributed by atoms with Crippen molar-refractivity contribution in [3.8, 4) is 0 Å². The molecule has 8 heteroatoms. The first-order chi connectivity index (χ1) is 12.5. The first-order valence-electron chi connectivity index (χ1n) is 8.13. The second-order valence-corrected chi connectivity index (χ2v) is 5.71. The second kappa shape index (κ2) is 11.8. The third-order valence-electron chi connectivity index (χ3n) is 3.30. The van der Waals surface area contributed by atoms with Crippen LogP contribution in [0.2, 0.25) is 5.02 Å². The molecule has 2 aromatic rings. The molecule has 7 nitrogen and oxygen atoms in total. The van der Waals surface area contributed by atoms with E-state index in [4.69, 9.17) is 23.1 Å². The van der Waals surface area contributed by atoms with Gasteiger partial charge in [0.1, 0.15) is 5.82 Å². The summed E-state index contributed by atoms with van der Waals surface area (Å²) in [5, 5.41) is 5.27. The van der Waals surface area contributed by atoms with Gasteiger partial charge in [-0.15, -0.1) is 0 Å². The quantitative estimate of drug-likeness (QED) is 0.603. The molecule has 0 fully saturated rings. The highest BCUT2D eigenvalue weighted by atomic mass is 35.5. The maximum atomic E-state index is 11.3. The Morgan fingerprint density at radius 1 is 1.12 bits per heavy atom. The van der Waals surface area contributed by atoms with E-state index in [0.29, 0.717) is 10.6 Å². The highest BCUT2D eigenvalue weighted by Gasteiger charge is 2.05. The number of halogens is 1. The largest absolute Gasteiger partial charge is 0.382 e. The van der Waals surface area contributed by atoms with Gasteiger partial charge < -0.3 is 22.1 Å². The van der Waals surface area contributed by atoms with Gasteiger partial charge in [-0.25, -0.2) is 4.98 Å². The van der Waals surface area contributed by atoms with E-state index in [1.807, 2.05) is 6.07 Å². The molecule has 1 aromatic carbocycles. The molecule has 1 aromatic heterocycles. The van der Waals surface area contributed by atoms with E-state index >= 15 is 0 Å². The summed E-state index contributed by atoms with van der Waals surface area (Å²) in [7, 11) is 0. The molecule has 0 spiro atoms. The molecule has 6 N–H and O–H groups in total. The Kier molecular flexibility index (Phi) is 9.74. The number of benzene rings is 1. The summed E-state index contributed by atoms with van der Waals surface area (Å²) < 4.78 is 0. The van der Waals surface area contributed by atoms with Crippen LogP contribution in [0, 0.1) is 0 Å². The number of nitrogens with zero attached hydrogens (tertiary/aromatic N) is 1. The first-order valence-corrected chi connectivity index (χ1v) is 8.51. The Morgan fingerprint density at radius 2 is 1.81 bits per heavy atom. The Hall–Kier alpha value is -2.64. The monoisotopic (exact) mass is 377 g/mol. The smallest absolute Gasteiger partial charge is 0.239 e. The number of carbonyl (C=O) groups excluding carboxylic acids is 2. The topological polar surface area (TPSA) is 123 Å². The summed E-state index contributed by atoms with van der Waals surface area (Å²) in [6, 6.07) is 12.1. The maximum absolute atomic E-state index is 11.3. The minimum Gasteiger partial charge on any atom is -0.382 e. The van der Waals surface area contributed by atoms with E-state index in [-0.39, 0.29) is 37.3 Å². The van der Waals surface area contributed by atoms with Gasteiger partial charge in [0.05, 0.1) is 18.1 Å². The molecule has 0 aliphatic rings. The number of carbonyl (C=O) groups is 2. The van der Waals surface area contributed by atoms with E-state index in [9.17, 15) is 9.59 Å². The van der Waals surface area contributed by atoms with Crippen LogP contribution in [0.15, 0.2) is 42.6 Å². The molecular weight excluding hydrogens is 354 g/mol. The summed E-state index contributed by atoms with van der Waals surface area (Å²) in [5.74, 6) is -0.478. The molecular formula is C18H24ClN5O2. The number of nitrogens with two attached hydrogens (primary N) is 2. The van der Waals surface area contributed by atoms with Crippen molar-refractivity contribution < 1.29 is 9.59 Å². The number of nitrogen functional groups attached to an aromatic ring is 1. The second-order valence-electron chi connectivity index (χ2n) is 5.31. The molecule has 0 atom stereocenters. The average molecular weight is 378 g/mol. The molecule has 0 saturated heterocycles. The van der Waals surface area contributed by atoms with Crippen molar-refractivity contribution in [1.82, 2.24) is 15.6 Å². The summed E-state index contributed by atoms with van der Waals surface area (Å²) in [5.41, 5.74) is 12.7. The summed E-state index contributed by atoms with van der Waals surface area (Å²) in [4.78, 5) is 26.0. The van der Waals surface area contributed by atoms with Gasteiger partial charge in [-0.05, 0) is 23.6 Å². The molecule has 140 valence electrons. The number of aryl methyl sites for hydroxylation is 1. The number of hydrogen-bond acceptors (Lipinski definition) is 5. The van der Waals surface area contributed by atoms with Crippen molar-refractivity contribution in [1.29, 1.82) is 0 Å². The lowest BCUT2D eigenvalue weighted by molar-refractivity contribution is -0.125. The molecule has 0 aliphatic carbocycles. The lowest BCUT2D eigenvalue weighted by atomic mass is 10.2. The van der Waals surface area contributed by atoms with Gasteiger partial charge in [0, 0.05) is 12.7 Å². The molecule has 0 saturated carbocycles. The molecule has 26 heavy (non-hydrogen) atoms. The third-order valence-corrected chi connectivity index (χ3v) is 3.60. The van der Waals surface area contributed by atoms with E-state index in [0.717, 1.165) is 6.42 Å². The van der Waals surface area contributed by atoms with Crippen LogP contribution in [0.3, 0.4) is 0 Å². The Labute approximate surface area is 158 Å². The van der Waals surface area contributed by atoms with Crippen molar-refractivity contribution in [2.75, 3.05) is 18.8 Å². The lowest BCUT2D eigenvalue weighted by Crippen LogP contribution is -2.39. The van der Waals surface area contributed by atoms with Gasteiger partial charge in [0.25, 0.3) is 0 Å². The van der Waals surface area contributed by atoms with Crippen LogP contribution in [0.1, 0.15) is 18.1 Å². The number of rotatable bonds is 6. The van der Waals surface area contributed by atoms with Gasteiger partial charge in [-0.3, -0.25) is 9.59 Å². The highest BCUT2D eigenvalue weighted by Crippen LogP contribution is 2.16. The number of amides is 2.